The van der Waals surface area contributed by atoms with Gasteiger partial charge in [0, 0.05) is 17.9 Å². The Hall–Kier alpha value is -2.56. The van der Waals surface area contributed by atoms with Gasteiger partial charge in [-0.05, 0) is 67.3 Å². The Labute approximate surface area is 128 Å². The van der Waals surface area contributed by atoms with Crippen LogP contribution in [0.3, 0.4) is 0 Å². The van der Waals surface area contributed by atoms with E-state index in [-0.39, 0.29) is 17.6 Å². The molecule has 3 rings (SSSR count). The molecule has 0 unspecified atom stereocenters. The molecule has 1 aliphatic rings. The summed E-state index contributed by atoms with van der Waals surface area (Å²) in [4.78, 5) is 14.2. The molecule has 0 aliphatic carbocycles. The Morgan fingerprint density at radius 1 is 1.14 bits per heavy atom. The molecule has 0 aromatic heterocycles. The maximum atomic E-state index is 13.4. The number of carbonyl (C=O) groups excluding carboxylic acids is 1. The largest absolute Gasteiger partial charge is 0.508 e. The fourth-order valence-electron chi connectivity index (χ4n) is 2.67. The summed E-state index contributed by atoms with van der Waals surface area (Å²) in [5, 5.41) is 12.1. The number of amides is 2. The molecule has 0 fully saturated rings. The van der Waals surface area contributed by atoms with Crippen LogP contribution in [0.2, 0.25) is 0 Å². The standard InChI is InChI=1S/C17H17FN2O2/c18-13-4-9-16-12(11-13)3-1-2-10-20(16)17(22)19-14-5-7-15(21)8-6-14/h4-9,11,21H,1-3,10H2,(H,19,22). The van der Waals surface area contributed by atoms with Gasteiger partial charge in [-0.3, -0.25) is 4.90 Å². The van der Waals surface area contributed by atoms with E-state index in [4.69, 9.17) is 0 Å². The number of fused-ring (bicyclic) bond motifs is 1. The van der Waals surface area contributed by atoms with Gasteiger partial charge in [0.2, 0.25) is 0 Å². The average molecular weight is 300 g/mol. The third-order valence-electron chi connectivity index (χ3n) is 3.77. The van der Waals surface area contributed by atoms with Crippen LogP contribution in [0, 0.1) is 5.82 Å². The Balaban J connectivity index is 1.84. The second kappa shape index (κ2) is 6.05. The summed E-state index contributed by atoms with van der Waals surface area (Å²) >= 11 is 0. The molecule has 0 spiro atoms. The van der Waals surface area contributed by atoms with E-state index in [0.29, 0.717) is 12.2 Å². The van der Waals surface area contributed by atoms with E-state index in [1.807, 2.05) is 0 Å². The number of benzene rings is 2. The molecule has 1 aliphatic heterocycles. The molecule has 5 heteroatoms. The van der Waals surface area contributed by atoms with Crippen molar-refractivity contribution in [3.8, 4) is 5.75 Å². The molecule has 0 radical (unpaired) electrons. The van der Waals surface area contributed by atoms with Crippen LogP contribution in [0.15, 0.2) is 42.5 Å². The molecule has 0 saturated heterocycles. The van der Waals surface area contributed by atoms with Gasteiger partial charge in [-0.25, -0.2) is 9.18 Å². The molecule has 2 amide bonds. The van der Waals surface area contributed by atoms with Gasteiger partial charge in [0.1, 0.15) is 11.6 Å². The van der Waals surface area contributed by atoms with Gasteiger partial charge in [-0.2, -0.15) is 0 Å². The van der Waals surface area contributed by atoms with Gasteiger partial charge in [0.15, 0.2) is 0 Å². The highest BCUT2D eigenvalue weighted by molar-refractivity contribution is 6.02. The van der Waals surface area contributed by atoms with Crippen LogP contribution in [0.4, 0.5) is 20.6 Å². The summed E-state index contributed by atoms with van der Waals surface area (Å²) in [5.74, 6) is -0.131. The smallest absolute Gasteiger partial charge is 0.326 e. The van der Waals surface area contributed by atoms with E-state index in [1.165, 1.54) is 24.3 Å². The minimum absolute atomic E-state index is 0.147. The van der Waals surface area contributed by atoms with Crippen LogP contribution >= 0.6 is 0 Å². The zero-order valence-corrected chi connectivity index (χ0v) is 12.1. The number of nitrogens with one attached hydrogen (secondary N) is 1. The monoisotopic (exact) mass is 300 g/mol. The number of halogens is 1. The first kappa shape index (κ1) is 14.4. The van der Waals surface area contributed by atoms with Crippen molar-refractivity contribution in [1.29, 1.82) is 0 Å². The van der Waals surface area contributed by atoms with Gasteiger partial charge in [0.25, 0.3) is 0 Å². The van der Waals surface area contributed by atoms with E-state index < -0.39 is 0 Å². The van der Waals surface area contributed by atoms with Crippen LogP contribution in [-0.2, 0) is 6.42 Å². The summed E-state index contributed by atoms with van der Waals surface area (Å²) in [5.41, 5.74) is 2.23. The molecule has 22 heavy (non-hydrogen) atoms. The molecule has 2 aromatic rings. The van der Waals surface area contributed by atoms with Gasteiger partial charge in [0.05, 0.1) is 0 Å². The molecular weight excluding hydrogens is 283 g/mol. The highest BCUT2D eigenvalue weighted by atomic mass is 19.1. The van der Waals surface area contributed by atoms with Gasteiger partial charge < -0.3 is 10.4 Å². The third-order valence-corrected chi connectivity index (χ3v) is 3.77. The fraction of sp³-hybridized carbons (Fsp3) is 0.235. The van der Waals surface area contributed by atoms with Crippen molar-refractivity contribution in [2.75, 3.05) is 16.8 Å². The van der Waals surface area contributed by atoms with Crippen LogP contribution in [0.25, 0.3) is 0 Å². The molecule has 0 saturated carbocycles. The Morgan fingerprint density at radius 2 is 1.91 bits per heavy atom. The lowest BCUT2D eigenvalue weighted by molar-refractivity contribution is 0.257. The molecule has 0 bridgehead atoms. The quantitative estimate of drug-likeness (QED) is 0.785. The lowest BCUT2D eigenvalue weighted by Gasteiger charge is -2.23. The van der Waals surface area contributed by atoms with Crippen LogP contribution in [-0.4, -0.2) is 17.7 Å². The van der Waals surface area contributed by atoms with E-state index >= 15 is 0 Å². The van der Waals surface area contributed by atoms with Crippen molar-refractivity contribution in [2.24, 2.45) is 0 Å². The topological polar surface area (TPSA) is 52.6 Å². The number of phenolic OH excluding ortho intramolecular Hbond substituents is 1. The van der Waals surface area contributed by atoms with Crippen molar-refractivity contribution < 1.29 is 14.3 Å². The third kappa shape index (κ3) is 3.03. The second-order valence-corrected chi connectivity index (χ2v) is 5.36. The maximum absolute atomic E-state index is 13.4. The van der Waals surface area contributed by atoms with E-state index in [0.717, 1.165) is 30.5 Å². The number of hydrogen-bond donors (Lipinski definition) is 2. The number of rotatable bonds is 1. The van der Waals surface area contributed by atoms with Crippen molar-refractivity contribution in [1.82, 2.24) is 0 Å². The summed E-state index contributed by atoms with van der Waals surface area (Å²) in [7, 11) is 0. The number of hydrogen-bond acceptors (Lipinski definition) is 2. The highest BCUT2D eigenvalue weighted by Crippen LogP contribution is 2.28. The lowest BCUT2D eigenvalue weighted by Crippen LogP contribution is -2.35. The van der Waals surface area contributed by atoms with Crippen molar-refractivity contribution in [2.45, 2.75) is 19.3 Å². The van der Waals surface area contributed by atoms with Crippen LogP contribution < -0.4 is 10.2 Å². The normalized spacial score (nSPS) is 14.1. The molecule has 114 valence electrons. The number of aryl methyl sites for hydroxylation is 1. The SMILES string of the molecule is O=C(Nc1ccc(O)cc1)N1CCCCc2cc(F)ccc21. The first-order valence-electron chi connectivity index (χ1n) is 7.29. The van der Waals surface area contributed by atoms with Crippen molar-refractivity contribution >= 4 is 17.4 Å². The molecule has 4 nitrogen and oxygen atoms in total. The number of aromatic hydroxyl groups is 1. The van der Waals surface area contributed by atoms with Gasteiger partial charge in [-0.1, -0.05) is 0 Å². The molecule has 2 N–H and O–H groups in total. The molecule has 2 aromatic carbocycles. The number of anilines is 2. The molecular formula is C17H17FN2O2. The predicted molar refractivity (Wildman–Crippen MR) is 83.8 cm³/mol. The zero-order chi connectivity index (χ0) is 15.5. The Bertz CT molecular complexity index is 686. The minimum Gasteiger partial charge on any atom is -0.508 e. The van der Waals surface area contributed by atoms with E-state index in [2.05, 4.69) is 5.32 Å². The van der Waals surface area contributed by atoms with Crippen LogP contribution in [0.1, 0.15) is 18.4 Å². The Kier molecular flexibility index (Phi) is 3.96. The van der Waals surface area contributed by atoms with Gasteiger partial charge in [-0.15, -0.1) is 0 Å². The highest BCUT2D eigenvalue weighted by Gasteiger charge is 2.21. The molecule has 1 heterocycles. The summed E-state index contributed by atoms with van der Waals surface area (Å²) in [6.45, 7) is 0.600. The number of phenols is 1. The summed E-state index contributed by atoms with van der Waals surface area (Å²) in [6, 6.07) is 10.6. The molecule has 0 atom stereocenters. The van der Waals surface area contributed by atoms with E-state index in [9.17, 15) is 14.3 Å². The number of carbonyl (C=O) groups is 1. The van der Waals surface area contributed by atoms with E-state index in [1.54, 1.807) is 23.1 Å². The van der Waals surface area contributed by atoms with Crippen molar-refractivity contribution in [3.05, 3.63) is 53.8 Å². The lowest BCUT2D eigenvalue weighted by atomic mass is 10.1. The minimum atomic E-state index is -0.278. The second-order valence-electron chi connectivity index (χ2n) is 5.36. The Morgan fingerprint density at radius 3 is 2.68 bits per heavy atom. The zero-order valence-electron chi connectivity index (χ0n) is 12.1. The summed E-state index contributed by atoms with van der Waals surface area (Å²) < 4.78 is 13.4. The maximum Gasteiger partial charge on any atom is 0.326 e. The predicted octanol–water partition coefficient (Wildman–Crippen LogP) is 3.91. The fourth-order valence-corrected chi connectivity index (χ4v) is 2.67. The number of nitrogens with zero attached hydrogens (tertiary/aromatic N) is 1. The number of urea groups is 1. The average Bonchev–Trinajstić information content (AvgIpc) is 2.71. The summed E-state index contributed by atoms with van der Waals surface area (Å²) in [6.07, 6.45) is 2.58. The van der Waals surface area contributed by atoms with Crippen LogP contribution in [0.5, 0.6) is 5.75 Å². The van der Waals surface area contributed by atoms with Gasteiger partial charge >= 0.3 is 6.03 Å². The first-order chi connectivity index (χ1) is 10.6. The first-order valence-corrected chi connectivity index (χ1v) is 7.29. The van der Waals surface area contributed by atoms with Crippen molar-refractivity contribution in [3.63, 3.8) is 0 Å².